The molecular weight excluding hydrogens is 261 g/mol. The summed E-state index contributed by atoms with van der Waals surface area (Å²) in [4.78, 5) is 2.44. The topological polar surface area (TPSA) is 12.0 Å². The van der Waals surface area contributed by atoms with Crippen LogP contribution in [0.5, 0.6) is 0 Å². The van der Waals surface area contributed by atoms with Crippen molar-refractivity contribution >= 4 is 24.1 Å². The normalized spacial score (nSPS) is 13.5. The standard InChI is InChI=1S/C14H19NSe/c1-10(2)15-11(3)8-12-9-16-14-7-5-4-6-13(12)14/h4-7,9-11,15H,8H2,1-3H3/t11-/m0/s1. The van der Waals surface area contributed by atoms with Crippen molar-refractivity contribution in [3.63, 3.8) is 0 Å². The fraction of sp³-hybridized carbons (Fsp3) is 0.429. The first-order valence-corrected chi connectivity index (χ1v) is 7.72. The molecule has 0 spiro atoms. The number of fused-ring (bicyclic) bond motifs is 1. The summed E-state index contributed by atoms with van der Waals surface area (Å²) in [6.07, 6.45) is 1.15. The Morgan fingerprint density at radius 1 is 1.19 bits per heavy atom. The maximum atomic E-state index is 3.57. The second kappa shape index (κ2) is 5.18. The van der Waals surface area contributed by atoms with Gasteiger partial charge in [0.15, 0.2) is 0 Å². The molecule has 0 unspecified atom stereocenters. The molecule has 1 aromatic heterocycles. The Hall–Kier alpha value is -0.561. The van der Waals surface area contributed by atoms with Crippen LogP contribution in [0.3, 0.4) is 0 Å². The van der Waals surface area contributed by atoms with E-state index in [4.69, 9.17) is 0 Å². The van der Waals surface area contributed by atoms with Gasteiger partial charge in [-0.3, -0.25) is 0 Å². The molecule has 2 aromatic rings. The summed E-state index contributed by atoms with van der Waals surface area (Å²) in [5.41, 5.74) is 1.54. The molecule has 0 amide bonds. The van der Waals surface area contributed by atoms with E-state index in [0.717, 1.165) is 6.42 Å². The third-order valence-corrected chi connectivity index (χ3v) is 4.83. The van der Waals surface area contributed by atoms with Crippen LogP contribution < -0.4 is 5.32 Å². The van der Waals surface area contributed by atoms with E-state index in [1.54, 1.807) is 4.26 Å². The van der Waals surface area contributed by atoms with Gasteiger partial charge >= 0.3 is 104 Å². The first-order valence-electron chi connectivity index (χ1n) is 5.88. The van der Waals surface area contributed by atoms with Crippen molar-refractivity contribution in [2.45, 2.75) is 39.3 Å². The maximum absolute atomic E-state index is 3.57. The van der Waals surface area contributed by atoms with E-state index in [2.05, 4.69) is 55.3 Å². The summed E-state index contributed by atoms with van der Waals surface area (Å²) in [5.74, 6) is 0. The van der Waals surface area contributed by atoms with E-state index in [0.29, 0.717) is 26.6 Å². The van der Waals surface area contributed by atoms with E-state index in [-0.39, 0.29) is 0 Å². The van der Waals surface area contributed by atoms with E-state index in [9.17, 15) is 0 Å². The van der Waals surface area contributed by atoms with E-state index in [1.807, 2.05) is 0 Å². The fourth-order valence-electron chi connectivity index (χ4n) is 2.15. The van der Waals surface area contributed by atoms with Crippen LogP contribution in [0, 0.1) is 0 Å². The van der Waals surface area contributed by atoms with Crippen LogP contribution in [0.1, 0.15) is 26.3 Å². The molecule has 0 bridgehead atoms. The van der Waals surface area contributed by atoms with Gasteiger partial charge < -0.3 is 0 Å². The van der Waals surface area contributed by atoms with Crippen LogP contribution in [0.25, 0.3) is 9.65 Å². The van der Waals surface area contributed by atoms with Crippen molar-refractivity contribution in [2.75, 3.05) is 0 Å². The molecule has 1 aromatic carbocycles. The van der Waals surface area contributed by atoms with Gasteiger partial charge in [0.25, 0.3) is 0 Å². The van der Waals surface area contributed by atoms with Gasteiger partial charge in [-0.2, -0.15) is 0 Å². The molecular formula is C14H19NSe. The van der Waals surface area contributed by atoms with Crippen molar-refractivity contribution < 1.29 is 0 Å². The zero-order chi connectivity index (χ0) is 11.5. The average molecular weight is 280 g/mol. The fourth-order valence-corrected chi connectivity index (χ4v) is 4.20. The molecule has 1 heterocycles. The molecule has 0 saturated carbocycles. The van der Waals surface area contributed by atoms with Crippen molar-refractivity contribution in [3.8, 4) is 0 Å². The summed E-state index contributed by atoms with van der Waals surface area (Å²) in [6.45, 7) is 6.68. The summed E-state index contributed by atoms with van der Waals surface area (Å²) in [6, 6.07) is 9.95. The van der Waals surface area contributed by atoms with Crippen molar-refractivity contribution in [1.29, 1.82) is 0 Å². The van der Waals surface area contributed by atoms with Crippen molar-refractivity contribution in [2.24, 2.45) is 0 Å². The zero-order valence-corrected chi connectivity index (χ0v) is 11.9. The Kier molecular flexibility index (Phi) is 3.86. The van der Waals surface area contributed by atoms with Gasteiger partial charge in [-0.1, -0.05) is 0 Å². The van der Waals surface area contributed by atoms with E-state index < -0.39 is 0 Å². The number of nitrogens with one attached hydrogen (secondary N) is 1. The number of benzene rings is 1. The van der Waals surface area contributed by atoms with Crippen LogP contribution in [0.15, 0.2) is 29.2 Å². The molecule has 0 aliphatic heterocycles. The predicted octanol–water partition coefficient (Wildman–Crippen LogP) is 2.83. The van der Waals surface area contributed by atoms with E-state index >= 15 is 0 Å². The molecule has 1 N–H and O–H groups in total. The van der Waals surface area contributed by atoms with Gasteiger partial charge in [-0.15, -0.1) is 0 Å². The number of hydrogen-bond acceptors (Lipinski definition) is 1. The second-order valence-corrected chi connectivity index (χ2v) is 6.60. The summed E-state index contributed by atoms with van der Waals surface area (Å²) in [7, 11) is 0. The van der Waals surface area contributed by atoms with E-state index in [1.165, 1.54) is 10.9 Å². The minimum atomic E-state index is 0.559. The Morgan fingerprint density at radius 3 is 2.69 bits per heavy atom. The minimum absolute atomic E-state index is 0.559. The van der Waals surface area contributed by atoms with Gasteiger partial charge in [-0.05, 0) is 0 Å². The van der Waals surface area contributed by atoms with Crippen molar-refractivity contribution in [3.05, 3.63) is 34.8 Å². The second-order valence-electron chi connectivity index (χ2n) is 4.68. The third-order valence-electron chi connectivity index (χ3n) is 2.71. The molecule has 2 rings (SSSR count). The number of hydrogen-bond donors (Lipinski definition) is 1. The molecule has 1 nitrogen and oxygen atoms in total. The Balaban J connectivity index is 2.15. The predicted molar refractivity (Wildman–Crippen MR) is 72.3 cm³/mol. The number of rotatable bonds is 4. The first kappa shape index (κ1) is 11.9. The van der Waals surface area contributed by atoms with Crippen molar-refractivity contribution in [1.82, 2.24) is 5.32 Å². The van der Waals surface area contributed by atoms with Gasteiger partial charge in [-0.25, -0.2) is 0 Å². The monoisotopic (exact) mass is 281 g/mol. The van der Waals surface area contributed by atoms with Crippen LogP contribution in [-0.2, 0) is 6.42 Å². The molecule has 0 fully saturated rings. The molecule has 16 heavy (non-hydrogen) atoms. The van der Waals surface area contributed by atoms with Gasteiger partial charge in [0.05, 0.1) is 0 Å². The SMILES string of the molecule is CC(C)N[C@@H](C)Cc1c[se]c2ccccc12. The summed E-state index contributed by atoms with van der Waals surface area (Å²) in [5, 5.41) is 5.05. The molecule has 0 saturated heterocycles. The molecule has 2 heteroatoms. The van der Waals surface area contributed by atoms with Gasteiger partial charge in [0, 0.05) is 0 Å². The molecule has 0 aliphatic rings. The van der Waals surface area contributed by atoms with Gasteiger partial charge in [0.1, 0.15) is 0 Å². The molecule has 0 radical (unpaired) electrons. The first-order chi connectivity index (χ1) is 7.66. The van der Waals surface area contributed by atoms with Gasteiger partial charge in [0.2, 0.25) is 0 Å². The van der Waals surface area contributed by atoms with Crippen LogP contribution in [0.2, 0.25) is 0 Å². The summed E-state index contributed by atoms with van der Waals surface area (Å²) >= 11 is 0.559. The Labute approximate surface area is 104 Å². The van der Waals surface area contributed by atoms with Crippen LogP contribution in [0.4, 0.5) is 0 Å². The Morgan fingerprint density at radius 2 is 1.94 bits per heavy atom. The molecule has 86 valence electrons. The molecule has 0 aliphatic carbocycles. The van der Waals surface area contributed by atoms with Crippen LogP contribution >= 0.6 is 0 Å². The zero-order valence-electron chi connectivity index (χ0n) is 10.2. The quantitative estimate of drug-likeness (QED) is 0.849. The third kappa shape index (κ3) is 2.76. The average Bonchev–Trinajstić information content (AvgIpc) is 2.61. The summed E-state index contributed by atoms with van der Waals surface area (Å²) < 4.78 is 1.54. The Bertz CT molecular complexity index is 458. The molecule has 1 atom stereocenters. The van der Waals surface area contributed by atoms with Crippen LogP contribution in [-0.4, -0.2) is 26.6 Å².